The lowest BCUT2D eigenvalue weighted by Crippen LogP contribution is -2.27. The van der Waals surface area contributed by atoms with Crippen molar-refractivity contribution in [3.8, 4) is 0 Å². The van der Waals surface area contributed by atoms with Gasteiger partial charge < -0.3 is 15.4 Å². The summed E-state index contributed by atoms with van der Waals surface area (Å²) >= 11 is 0. The maximum atomic E-state index is 11.5. The van der Waals surface area contributed by atoms with Crippen LogP contribution in [0.4, 0.5) is 10.5 Å². The quantitative estimate of drug-likeness (QED) is 0.616. The fraction of sp³-hybridized carbons (Fsp3) is 0.500. The van der Waals surface area contributed by atoms with Crippen LogP contribution in [0.15, 0.2) is 24.3 Å². The fourth-order valence-corrected chi connectivity index (χ4v) is 2.25. The molecule has 2 N–H and O–H groups in total. The average Bonchev–Trinajstić information content (AvgIpc) is 2.99. The van der Waals surface area contributed by atoms with E-state index in [0.717, 1.165) is 31.5 Å². The number of carbonyl (C=O) groups excluding carboxylic acids is 1. The van der Waals surface area contributed by atoms with Crippen LogP contribution in [0.25, 0.3) is 0 Å². The smallest absolute Gasteiger partial charge is 0.407 e. The molecular formula is C14H19N3O4. The molecule has 1 atom stereocenters. The number of ether oxygens (including phenoxy) is 1. The van der Waals surface area contributed by atoms with Crippen LogP contribution in [0.5, 0.6) is 0 Å². The van der Waals surface area contributed by atoms with Crippen molar-refractivity contribution in [1.82, 2.24) is 10.6 Å². The first-order valence-corrected chi connectivity index (χ1v) is 7.00. The first-order valence-electron chi connectivity index (χ1n) is 7.00. The lowest BCUT2D eigenvalue weighted by atomic mass is 10.1. The molecule has 0 unspecified atom stereocenters. The van der Waals surface area contributed by atoms with Gasteiger partial charge in [0.1, 0.15) is 6.61 Å². The molecule has 0 radical (unpaired) electrons. The van der Waals surface area contributed by atoms with Crippen molar-refractivity contribution >= 4 is 11.8 Å². The van der Waals surface area contributed by atoms with Crippen LogP contribution >= 0.6 is 0 Å². The number of nitrogens with one attached hydrogen (secondary N) is 2. The monoisotopic (exact) mass is 293 g/mol. The van der Waals surface area contributed by atoms with E-state index in [1.165, 1.54) is 12.1 Å². The van der Waals surface area contributed by atoms with Gasteiger partial charge in [0, 0.05) is 18.7 Å². The Hall–Kier alpha value is -2.15. The van der Waals surface area contributed by atoms with Crippen molar-refractivity contribution in [3.63, 3.8) is 0 Å². The summed E-state index contributed by atoms with van der Waals surface area (Å²) in [5.74, 6) is 0.625. The highest BCUT2D eigenvalue weighted by Gasteiger charge is 2.14. The van der Waals surface area contributed by atoms with Gasteiger partial charge >= 0.3 is 6.09 Å². The van der Waals surface area contributed by atoms with Gasteiger partial charge in [-0.15, -0.1) is 0 Å². The number of hydrogen-bond acceptors (Lipinski definition) is 5. The molecule has 1 aromatic rings. The minimum atomic E-state index is -0.463. The Morgan fingerprint density at radius 2 is 2.19 bits per heavy atom. The van der Waals surface area contributed by atoms with Gasteiger partial charge in [0.25, 0.3) is 5.69 Å². The number of alkyl carbamates (subject to hydrolysis) is 1. The predicted molar refractivity (Wildman–Crippen MR) is 76.9 cm³/mol. The van der Waals surface area contributed by atoms with Gasteiger partial charge in [-0.3, -0.25) is 10.1 Å². The third-order valence-corrected chi connectivity index (χ3v) is 3.50. The summed E-state index contributed by atoms with van der Waals surface area (Å²) in [5.41, 5.74) is 0.740. The molecule has 1 heterocycles. The Labute approximate surface area is 122 Å². The second-order valence-electron chi connectivity index (χ2n) is 5.07. The van der Waals surface area contributed by atoms with E-state index < -0.39 is 11.0 Å². The zero-order valence-electron chi connectivity index (χ0n) is 11.7. The fourth-order valence-electron chi connectivity index (χ4n) is 2.25. The van der Waals surface area contributed by atoms with Crippen LogP contribution < -0.4 is 10.6 Å². The SMILES string of the molecule is O=C(NCC[C@H]1CCNC1)OCc1ccc([N+](=O)[O-])cc1. The van der Waals surface area contributed by atoms with Gasteiger partial charge in [-0.1, -0.05) is 0 Å². The molecule has 114 valence electrons. The van der Waals surface area contributed by atoms with Crippen LogP contribution in [0.2, 0.25) is 0 Å². The largest absolute Gasteiger partial charge is 0.445 e. The molecule has 7 nitrogen and oxygen atoms in total. The summed E-state index contributed by atoms with van der Waals surface area (Å²) in [4.78, 5) is 21.6. The highest BCUT2D eigenvalue weighted by atomic mass is 16.6. The first kappa shape index (κ1) is 15.2. The number of amides is 1. The second kappa shape index (κ2) is 7.58. The molecule has 1 aliphatic rings. The summed E-state index contributed by atoms with van der Waals surface area (Å²) in [6.07, 6.45) is 1.64. The first-order chi connectivity index (χ1) is 10.1. The van der Waals surface area contributed by atoms with E-state index in [-0.39, 0.29) is 12.3 Å². The molecule has 1 aromatic carbocycles. The lowest BCUT2D eigenvalue weighted by Gasteiger charge is -2.10. The Morgan fingerprint density at radius 3 is 2.81 bits per heavy atom. The third-order valence-electron chi connectivity index (χ3n) is 3.50. The minimum Gasteiger partial charge on any atom is -0.445 e. The highest BCUT2D eigenvalue weighted by molar-refractivity contribution is 5.67. The van der Waals surface area contributed by atoms with Gasteiger partial charge in [0.05, 0.1) is 4.92 Å². The molecule has 0 aliphatic carbocycles. The summed E-state index contributed by atoms with van der Waals surface area (Å²) in [7, 11) is 0. The van der Waals surface area contributed by atoms with Gasteiger partial charge in [-0.05, 0) is 49.5 Å². The standard InChI is InChI=1S/C14H19N3O4/c18-14(16-8-6-11-5-7-15-9-11)21-10-12-1-3-13(4-2-12)17(19)20/h1-4,11,15H,5-10H2,(H,16,18)/t11-/m1/s1. The summed E-state index contributed by atoms with van der Waals surface area (Å²) in [6, 6.07) is 5.94. The van der Waals surface area contributed by atoms with Crippen molar-refractivity contribution in [3.05, 3.63) is 39.9 Å². The van der Waals surface area contributed by atoms with E-state index in [1.54, 1.807) is 12.1 Å². The summed E-state index contributed by atoms with van der Waals surface area (Å²) in [6.45, 7) is 2.77. The molecule has 0 aromatic heterocycles. The minimum absolute atomic E-state index is 0.0216. The average molecular weight is 293 g/mol. The predicted octanol–water partition coefficient (Wildman–Crippen LogP) is 1.82. The van der Waals surface area contributed by atoms with Crippen LogP contribution in [0.1, 0.15) is 18.4 Å². The van der Waals surface area contributed by atoms with E-state index in [0.29, 0.717) is 12.5 Å². The van der Waals surface area contributed by atoms with Gasteiger partial charge in [0.2, 0.25) is 0 Å². The molecule has 1 aliphatic heterocycles. The van der Waals surface area contributed by atoms with E-state index in [9.17, 15) is 14.9 Å². The molecule has 0 bridgehead atoms. The van der Waals surface area contributed by atoms with Crippen molar-refractivity contribution in [2.24, 2.45) is 5.92 Å². The zero-order chi connectivity index (χ0) is 15.1. The van der Waals surface area contributed by atoms with Crippen molar-refractivity contribution in [2.45, 2.75) is 19.4 Å². The van der Waals surface area contributed by atoms with E-state index in [1.807, 2.05) is 0 Å². The Morgan fingerprint density at radius 1 is 1.43 bits per heavy atom. The Kier molecular flexibility index (Phi) is 5.51. The zero-order valence-corrected chi connectivity index (χ0v) is 11.7. The van der Waals surface area contributed by atoms with E-state index in [4.69, 9.17) is 4.74 Å². The summed E-state index contributed by atoms with van der Waals surface area (Å²) in [5, 5.41) is 16.5. The van der Waals surface area contributed by atoms with Gasteiger partial charge in [0.15, 0.2) is 0 Å². The van der Waals surface area contributed by atoms with Crippen LogP contribution in [0, 0.1) is 16.0 Å². The molecule has 1 fully saturated rings. The topological polar surface area (TPSA) is 93.5 Å². The van der Waals surface area contributed by atoms with Gasteiger partial charge in [-0.25, -0.2) is 4.79 Å². The number of nitrogens with zero attached hydrogens (tertiary/aromatic N) is 1. The van der Waals surface area contributed by atoms with Crippen LogP contribution in [-0.4, -0.2) is 30.7 Å². The Bertz CT molecular complexity index is 483. The maximum absolute atomic E-state index is 11.5. The third kappa shape index (κ3) is 5.03. The molecular weight excluding hydrogens is 274 g/mol. The number of carbonyl (C=O) groups is 1. The maximum Gasteiger partial charge on any atom is 0.407 e. The molecule has 1 saturated heterocycles. The normalized spacial score (nSPS) is 17.4. The molecule has 7 heteroatoms. The number of nitro groups is 1. The highest BCUT2D eigenvalue weighted by Crippen LogP contribution is 2.13. The lowest BCUT2D eigenvalue weighted by molar-refractivity contribution is -0.384. The number of rotatable bonds is 6. The molecule has 0 spiro atoms. The van der Waals surface area contributed by atoms with Crippen molar-refractivity contribution in [2.75, 3.05) is 19.6 Å². The van der Waals surface area contributed by atoms with Crippen LogP contribution in [-0.2, 0) is 11.3 Å². The van der Waals surface area contributed by atoms with Crippen molar-refractivity contribution < 1.29 is 14.5 Å². The van der Waals surface area contributed by atoms with E-state index >= 15 is 0 Å². The van der Waals surface area contributed by atoms with Crippen LogP contribution in [0.3, 0.4) is 0 Å². The number of non-ortho nitro benzene ring substituents is 1. The Balaban J connectivity index is 1.64. The molecule has 1 amide bonds. The summed E-state index contributed by atoms with van der Waals surface area (Å²) < 4.78 is 5.06. The second-order valence-corrected chi connectivity index (χ2v) is 5.07. The number of nitro benzene ring substituents is 1. The van der Waals surface area contributed by atoms with E-state index in [2.05, 4.69) is 10.6 Å². The molecule has 2 rings (SSSR count). The van der Waals surface area contributed by atoms with Crippen molar-refractivity contribution in [1.29, 1.82) is 0 Å². The molecule has 21 heavy (non-hydrogen) atoms. The van der Waals surface area contributed by atoms with Gasteiger partial charge in [-0.2, -0.15) is 0 Å². The molecule has 0 saturated carbocycles. The number of hydrogen-bond donors (Lipinski definition) is 2. The number of benzene rings is 1.